The molecule has 0 fully saturated rings. The highest BCUT2D eigenvalue weighted by Gasteiger charge is 2.19. The van der Waals surface area contributed by atoms with E-state index in [1.807, 2.05) is 48.7 Å². The molecule has 0 aliphatic carbocycles. The number of ether oxygens (including phenoxy) is 1. The number of hydrogen-bond acceptors (Lipinski definition) is 4. The fourth-order valence-corrected chi connectivity index (χ4v) is 2.98. The molecule has 2 N–H and O–H groups in total. The summed E-state index contributed by atoms with van der Waals surface area (Å²) >= 11 is 1.57. The van der Waals surface area contributed by atoms with Crippen molar-refractivity contribution in [2.75, 3.05) is 7.11 Å². The van der Waals surface area contributed by atoms with E-state index in [2.05, 4.69) is 5.32 Å². The summed E-state index contributed by atoms with van der Waals surface area (Å²) in [6.07, 6.45) is 0.0704. The molecule has 1 heterocycles. The van der Waals surface area contributed by atoms with Crippen molar-refractivity contribution in [3.8, 4) is 5.75 Å². The molecule has 2 atom stereocenters. The van der Waals surface area contributed by atoms with E-state index in [1.165, 1.54) is 0 Å². The van der Waals surface area contributed by atoms with Crippen LogP contribution in [0.2, 0.25) is 0 Å². The Kier molecular flexibility index (Phi) is 5.36. The maximum atomic E-state index is 11.1. The molecule has 0 radical (unpaired) electrons. The second kappa shape index (κ2) is 7.24. The molecular formula is C16H19NO3S. The first kappa shape index (κ1) is 15.5. The number of methoxy groups -OCH3 is 1. The van der Waals surface area contributed by atoms with Crippen molar-refractivity contribution in [2.45, 2.75) is 25.4 Å². The van der Waals surface area contributed by atoms with E-state index in [4.69, 9.17) is 9.84 Å². The highest BCUT2D eigenvalue weighted by atomic mass is 32.1. The highest BCUT2D eigenvalue weighted by Crippen LogP contribution is 2.26. The molecule has 1 aromatic heterocycles. The van der Waals surface area contributed by atoms with E-state index in [9.17, 15) is 4.79 Å². The van der Waals surface area contributed by atoms with Gasteiger partial charge in [-0.3, -0.25) is 4.79 Å². The van der Waals surface area contributed by atoms with E-state index in [-0.39, 0.29) is 18.5 Å². The van der Waals surface area contributed by atoms with Crippen molar-refractivity contribution < 1.29 is 14.6 Å². The zero-order valence-electron chi connectivity index (χ0n) is 12.1. The first-order valence-corrected chi connectivity index (χ1v) is 7.63. The number of carboxylic acids is 1. The molecule has 112 valence electrons. The Bertz CT molecular complexity index is 566. The van der Waals surface area contributed by atoms with Crippen molar-refractivity contribution in [3.05, 3.63) is 52.2 Å². The SMILES string of the molecule is COc1ccc(C(C)NC(CC(=O)O)c2cccs2)cc1. The van der Waals surface area contributed by atoms with Crippen LogP contribution in [0, 0.1) is 0 Å². The van der Waals surface area contributed by atoms with Gasteiger partial charge in [-0.1, -0.05) is 18.2 Å². The van der Waals surface area contributed by atoms with Gasteiger partial charge in [0.25, 0.3) is 0 Å². The summed E-state index contributed by atoms with van der Waals surface area (Å²) in [7, 11) is 1.64. The topological polar surface area (TPSA) is 58.6 Å². The van der Waals surface area contributed by atoms with Gasteiger partial charge in [-0.15, -0.1) is 11.3 Å². The lowest BCUT2D eigenvalue weighted by Gasteiger charge is -2.22. The smallest absolute Gasteiger partial charge is 0.305 e. The first-order valence-electron chi connectivity index (χ1n) is 6.75. The first-order chi connectivity index (χ1) is 10.1. The predicted octanol–water partition coefficient (Wildman–Crippen LogP) is 3.62. The Labute approximate surface area is 128 Å². The highest BCUT2D eigenvalue weighted by molar-refractivity contribution is 7.10. The van der Waals surface area contributed by atoms with Gasteiger partial charge in [-0.2, -0.15) is 0 Å². The summed E-state index contributed by atoms with van der Waals surface area (Å²) in [5.41, 5.74) is 1.10. The number of aliphatic carboxylic acids is 1. The normalized spacial score (nSPS) is 13.6. The summed E-state index contributed by atoms with van der Waals surface area (Å²) in [5.74, 6) is 0.00845. The minimum atomic E-state index is -0.803. The van der Waals surface area contributed by atoms with Gasteiger partial charge in [0, 0.05) is 10.9 Å². The van der Waals surface area contributed by atoms with E-state index in [0.29, 0.717) is 0 Å². The Hall–Kier alpha value is -1.85. The third-order valence-electron chi connectivity index (χ3n) is 3.33. The van der Waals surface area contributed by atoms with Gasteiger partial charge >= 0.3 is 5.97 Å². The molecule has 0 spiro atoms. The molecule has 0 saturated carbocycles. The van der Waals surface area contributed by atoms with Crippen LogP contribution in [0.15, 0.2) is 41.8 Å². The number of hydrogen-bond donors (Lipinski definition) is 2. The molecule has 21 heavy (non-hydrogen) atoms. The Morgan fingerprint density at radius 3 is 2.57 bits per heavy atom. The quantitative estimate of drug-likeness (QED) is 0.820. The average Bonchev–Trinajstić information content (AvgIpc) is 3.00. The molecule has 0 aliphatic rings. The lowest BCUT2D eigenvalue weighted by molar-refractivity contribution is -0.137. The molecule has 5 heteroatoms. The minimum Gasteiger partial charge on any atom is -0.497 e. The fourth-order valence-electron chi connectivity index (χ4n) is 2.20. The van der Waals surface area contributed by atoms with Gasteiger partial charge in [-0.25, -0.2) is 0 Å². The third-order valence-corrected chi connectivity index (χ3v) is 4.32. The van der Waals surface area contributed by atoms with Crippen molar-refractivity contribution in [3.63, 3.8) is 0 Å². The summed E-state index contributed by atoms with van der Waals surface area (Å²) in [6, 6.07) is 11.6. The van der Waals surface area contributed by atoms with Crippen LogP contribution < -0.4 is 10.1 Å². The number of benzene rings is 1. The Morgan fingerprint density at radius 2 is 2.05 bits per heavy atom. The number of thiophene rings is 1. The molecule has 0 saturated heterocycles. The molecule has 2 rings (SSSR count). The molecule has 0 aliphatic heterocycles. The van der Waals surface area contributed by atoms with Gasteiger partial charge in [0.1, 0.15) is 5.75 Å². The lowest BCUT2D eigenvalue weighted by Crippen LogP contribution is -2.26. The fraction of sp³-hybridized carbons (Fsp3) is 0.312. The number of carbonyl (C=O) groups is 1. The van der Waals surface area contributed by atoms with Crippen LogP contribution in [0.3, 0.4) is 0 Å². The monoisotopic (exact) mass is 305 g/mol. The van der Waals surface area contributed by atoms with Crippen LogP contribution >= 0.6 is 11.3 Å². The van der Waals surface area contributed by atoms with Crippen molar-refractivity contribution in [1.82, 2.24) is 5.32 Å². The molecule has 1 aromatic carbocycles. The van der Waals surface area contributed by atoms with Gasteiger partial charge in [0.15, 0.2) is 0 Å². The van der Waals surface area contributed by atoms with E-state index in [1.54, 1.807) is 18.4 Å². The van der Waals surface area contributed by atoms with Crippen LogP contribution in [-0.4, -0.2) is 18.2 Å². The second-order valence-corrected chi connectivity index (χ2v) is 5.81. The zero-order chi connectivity index (χ0) is 15.2. The minimum absolute atomic E-state index is 0.0577. The Balaban J connectivity index is 2.09. The summed E-state index contributed by atoms with van der Waals surface area (Å²) < 4.78 is 5.15. The van der Waals surface area contributed by atoms with Crippen LogP contribution in [0.1, 0.15) is 35.9 Å². The summed E-state index contributed by atoms with van der Waals surface area (Å²) in [4.78, 5) is 12.1. The van der Waals surface area contributed by atoms with Crippen molar-refractivity contribution in [2.24, 2.45) is 0 Å². The van der Waals surface area contributed by atoms with Crippen LogP contribution in [0.5, 0.6) is 5.75 Å². The zero-order valence-corrected chi connectivity index (χ0v) is 12.9. The standard InChI is InChI=1S/C16H19NO3S/c1-11(12-5-7-13(20-2)8-6-12)17-14(10-16(18)19)15-4-3-9-21-15/h3-9,11,14,17H,10H2,1-2H3,(H,18,19). The molecule has 4 nitrogen and oxygen atoms in total. The van der Waals surface area contributed by atoms with E-state index >= 15 is 0 Å². The lowest BCUT2D eigenvalue weighted by atomic mass is 10.1. The predicted molar refractivity (Wildman–Crippen MR) is 83.9 cm³/mol. The maximum Gasteiger partial charge on any atom is 0.305 e. The molecular weight excluding hydrogens is 286 g/mol. The van der Waals surface area contributed by atoms with E-state index < -0.39 is 5.97 Å². The van der Waals surface area contributed by atoms with Crippen molar-refractivity contribution in [1.29, 1.82) is 0 Å². The van der Waals surface area contributed by atoms with Crippen LogP contribution in [0.4, 0.5) is 0 Å². The molecule has 2 aromatic rings. The van der Waals surface area contributed by atoms with Gasteiger partial charge < -0.3 is 15.2 Å². The van der Waals surface area contributed by atoms with Gasteiger partial charge in [-0.05, 0) is 36.1 Å². The second-order valence-electron chi connectivity index (χ2n) is 4.83. The third kappa shape index (κ3) is 4.31. The number of nitrogens with one attached hydrogen (secondary N) is 1. The average molecular weight is 305 g/mol. The summed E-state index contributed by atoms with van der Waals surface area (Å²) in [5, 5.41) is 14.4. The maximum absolute atomic E-state index is 11.1. The molecule has 0 amide bonds. The largest absolute Gasteiger partial charge is 0.497 e. The molecule has 2 unspecified atom stereocenters. The van der Waals surface area contributed by atoms with E-state index in [0.717, 1.165) is 16.2 Å². The van der Waals surface area contributed by atoms with Gasteiger partial charge in [0.2, 0.25) is 0 Å². The Morgan fingerprint density at radius 1 is 1.33 bits per heavy atom. The number of carboxylic acid groups (broad SMARTS) is 1. The summed E-state index contributed by atoms with van der Waals surface area (Å²) in [6.45, 7) is 2.03. The molecule has 0 bridgehead atoms. The van der Waals surface area contributed by atoms with Crippen molar-refractivity contribution >= 4 is 17.3 Å². The van der Waals surface area contributed by atoms with Crippen LogP contribution in [-0.2, 0) is 4.79 Å². The number of rotatable bonds is 7. The van der Waals surface area contributed by atoms with Gasteiger partial charge in [0.05, 0.1) is 19.6 Å². The van der Waals surface area contributed by atoms with Crippen LogP contribution in [0.25, 0.3) is 0 Å².